The third-order valence-corrected chi connectivity index (χ3v) is 2.70. The first-order valence-corrected chi connectivity index (χ1v) is 4.77. The SMILES string of the molecule is CC1OCCC1C(=O)NC1COC1. The Morgan fingerprint density at radius 2 is 2.23 bits per heavy atom. The number of amides is 1. The van der Waals surface area contributed by atoms with Gasteiger partial charge in [-0.2, -0.15) is 0 Å². The van der Waals surface area contributed by atoms with E-state index in [1.807, 2.05) is 6.92 Å². The first-order chi connectivity index (χ1) is 6.27. The lowest BCUT2D eigenvalue weighted by Gasteiger charge is -2.28. The highest BCUT2D eigenvalue weighted by molar-refractivity contribution is 5.79. The second-order valence-electron chi connectivity index (χ2n) is 3.71. The molecular formula is C9H15NO3. The molecule has 1 amide bonds. The van der Waals surface area contributed by atoms with E-state index in [4.69, 9.17) is 9.47 Å². The van der Waals surface area contributed by atoms with Crippen LogP contribution in [0.25, 0.3) is 0 Å². The smallest absolute Gasteiger partial charge is 0.226 e. The summed E-state index contributed by atoms with van der Waals surface area (Å²) in [5, 5.41) is 2.94. The van der Waals surface area contributed by atoms with Crippen LogP contribution in [0.3, 0.4) is 0 Å². The summed E-state index contributed by atoms with van der Waals surface area (Å²) in [5.74, 6) is 0.166. The van der Waals surface area contributed by atoms with Crippen molar-refractivity contribution in [3.05, 3.63) is 0 Å². The van der Waals surface area contributed by atoms with E-state index < -0.39 is 0 Å². The first kappa shape index (κ1) is 8.97. The Balaban J connectivity index is 1.81. The minimum absolute atomic E-state index is 0.0422. The number of carbonyl (C=O) groups excluding carboxylic acids is 1. The van der Waals surface area contributed by atoms with E-state index in [-0.39, 0.29) is 24.0 Å². The molecular weight excluding hydrogens is 170 g/mol. The van der Waals surface area contributed by atoms with Gasteiger partial charge in [0, 0.05) is 6.61 Å². The minimum atomic E-state index is 0.0422. The predicted octanol–water partition coefficient (Wildman–Crippen LogP) is -0.0736. The molecule has 0 saturated carbocycles. The molecule has 2 aliphatic heterocycles. The standard InChI is InChI=1S/C9H15NO3/c1-6-8(2-3-13-6)9(11)10-7-4-12-5-7/h6-8H,2-5H2,1H3,(H,10,11). The Morgan fingerprint density at radius 3 is 2.69 bits per heavy atom. The fraction of sp³-hybridized carbons (Fsp3) is 0.889. The van der Waals surface area contributed by atoms with Crippen molar-refractivity contribution >= 4 is 5.91 Å². The quantitative estimate of drug-likeness (QED) is 0.655. The van der Waals surface area contributed by atoms with E-state index in [1.54, 1.807) is 0 Å². The van der Waals surface area contributed by atoms with Crippen LogP contribution in [0.5, 0.6) is 0 Å². The third kappa shape index (κ3) is 1.84. The van der Waals surface area contributed by atoms with E-state index in [2.05, 4.69) is 5.32 Å². The summed E-state index contributed by atoms with van der Waals surface area (Å²) < 4.78 is 10.3. The molecule has 2 saturated heterocycles. The number of hydrogen-bond donors (Lipinski definition) is 1. The van der Waals surface area contributed by atoms with E-state index in [0.29, 0.717) is 19.8 Å². The van der Waals surface area contributed by atoms with Gasteiger partial charge in [-0.1, -0.05) is 0 Å². The molecule has 13 heavy (non-hydrogen) atoms. The molecule has 74 valence electrons. The van der Waals surface area contributed by atoms with Gasteiger partial charge in [-0.05, 0) is 13.3 Å². The summed E-state index contributed by atoms with van der Waals surface area (Å²) in [5.41, 5.74) is 0. The molecule has 2 atom stereocenters. The molecule has 2 rings (SSSR count). The zero-order valence-corrected chi connectivity index (χ0v) is 7.79. The van der Waals surface area contributed by atoms with Crippen LogP contribution in [0.4, 0.5) is 0 Å². The second kappa shape index (κ2) is 3.64. The van der Waals surface area contributed by atoms with Gasteiger partial charge in [0.15, 0.2) is 0 Å². The first-order valence-electron chi connectivity index (χ1n) is 4.77. The second-order valence-corrected chi connectivity index (χ2v) is 3.71. The average Bonchev–Trinajstić information content (AvgIpc) is 2.43. The molecule has 4 nitrogen and oxygen atoms in total. The van der Waals surface area contributed by atoms with E-state index in [9.17, 15) is 4.79 Å². The average molecular weight is 185 g/mol. The van der Waals surface area contributed by atoms with Crippen LogP contribution < -0.4 is 5.32 Å². The lowest BCUT2D eigenvalue weighted by atomic mass is 10.0. The van der Waals surface area contributed by atoms with Gasteiger partial charge >= 0.3 is 0 Å². The largest absolute Gasteiger partial charge is 0.378 e. The van der Waals surface area contributed by atoms with E-state index in [1.165, 1.54) is 0 Å². The third-order valence-electron chi connectivity index (χ3n) is 2.70. The molecule has 0 aromatic heterocycles. The maximum Gasteiger partial charge on any atom is 0.226 e. The minimum Gasteiger partial charge on any atom is -0.378 e. The van der Waals surface area contributed by atoms with E-state index >= 15 is 0 Å². The van der Waals surface area contributed by atoms with Crippen LogP contribution in [0.2, 0.25) is 0 Å². The molecule has 0 radical (unpaired) electrons. The summed E-state index contributed by atoms with van der Waals surface area (Å²) in [7, 11) is 0. The van der Waals surface area contributed by atoms with Gasteiger partial charge < -0.3 is 14.8 Å². The maximum absolute atomic E-state index is 11.6. The van der Waals surface area contributed by atoms with Gasteiger partial charge in [0.25, 0.3) is 0 Å². The van der Waals surface area contributed by atoms with Gasteiger partial charge in [-0.25, -0.2) is 0 Å². The van der Waals surface area contributed by atoms with Gasteiger partial charge in [-0.3, -0.25) is 4.79 Å². The highest BCUT2D eigenvalue weighted by Crippen LogP contribution is 2.20. The van der Waals surface area contributed by atoms with Crippen molar-refractivity contribution in [3.8, 4) is 0 Å². The van der Waals surface area contributed by atoms with Crippen LogP contribution in [-0.4, -0.2) is 37.9 Å². The summed E-state index contributed by atoms with van der Waals surface area (Å²) in [6.07, 6.45) is 0.918. The molecule has 2 unspecified atom stereocenters. The van der Waals surface area contributed by atoms with Crippen molar-refractivity contribution in [1.29, 1.82) is 0 Å². The van der Waals surface area contributed by atoms with Crippen LogP contribution in [0.15, 0.2) is 0 Å². The monoisotopic (exact) mass is 185 g/mol. The fourth-order valence-corrected chi connectivity index (χ4v) is 1.70. The summed E-state index contributed by atoms with van der Waals surface area (Å²) >= 11 is 0. The van der Waals surface area contributed by atoms with Crippen LogP contribution >= 0.6 is 0 Å². The number of rotatable bonds is 2. The molecule has 2 fully saturated rings. The molecule has 2 heterocycles. The predicted molar refractivity (Wildman–Crippen MR) is 46.3 cm³/mol. The van der Waals surface area contributed by atoms with Gasteiger partial charge in [0.05, 0.1) is 31.3 Å². The zero-order chi connectivity index (χ0) is 9.26. The number of hydrogen-bond acceptors (Lipinski definition) is 3. The zero-order valence-electron chi connectivity index (χ0n) is 7.79. The van der Waals surface area contributed by atoms with Crippen molar-refractivity contribution in [2.45, 2.75) is 25.5 Å². The fourth-order valence-electron chi connectivity index (χ4n) is 1.70. The lowest BCUT2D eigenvalue weighted by Crippen LogP contribution is -2.51. The van der Waals surface area contributed by atoms with Crippen molar-refractivity contribution < 1.29 is 14.3 Å². The van der Waals surface area contributed by atoms with Gasteiger partial charge in [0.1, 0.15) is 0 Å². The van der Waals surface area contributed by atoms with Crippen molar-refractivity contribution in [2.24, 2.45) is 5.92 Å². The Hall–Kier alpha value is -0.610. The molecule has 1 N–H and O–H groups in total. The molecule has 0 bridgehead atoms. The molecule has 2 aliphatic rings. The Bertz CT molecular complexity index is 203. The number of carbonyl (C=O) groups is 1. The van der Waals surface area contributed by atoms with Crippen molar-refractivity contribution in [1.82, 2.24) is 5.32 Å². The Morgan fingerprint density at radius 1 is 1.46 bits per heavy atom. The van der Waals surface area contributed by atoms with Crippen LogP contribution in [0.1, 0.15) is 13.3 Å². The van der Waals surface area contributed by atoms with E-state index in [0.717, 1.165) is 6.42 Å². The summed E-state index contributed by atoms with van der Waals surface area (Å²) in [6, 6.07) is 0.236. The normalized spacial score (nSPS) is 34.2. The summed E-state index contributed by atoms with van der Waals surface area (Å²) in [6.45, 7) is 3.98. The van der Waals surface area contributed by atoms with Crippen LogP contribution in [0, 0.1) is 5.92 Å². The van der Waals surface area contributed by atoms with Gasteiger partial charge in [-0.15, -0.1) is 0 Å². The Kier molecular flexibility index (Phi) is 2.51. The molecule has 0 aliphatic carbocycles. The van der Waals surface area contributed by atoms with Crippen molar-refractivity contribution in [3.63, 3.8) is 0 Å². The number of nitrogens with one attached hydrogen (secondary N) is 1. The highest BCUT2D eigenvalue weighted by atomic mass is 16.5. The summed E-state index contributed by atoms with van der Waals surface area (Å²) in [4.78, 5) is 11.6. The molecule has 4 heteroatoms. The Labute approximate surface area is 77.6 Å². The topological polar surface area (TPSA) is 47.6 Å². The van der Waals surface area contributed by atoms with Crippen LogP contribution in [-0.2, 0) is 14.3 Å². The van der Waals surface area contributed by atoms with Crippen molar-refractivity contribution in [2.75, 3.05) is 19.8 Å². The molecule has 0 aromatic rings. The number of ether oxygens (including phenoxy) is 2. The maximum atomic E-state index is 11.6. The van der Waals surface area contributed by atoms with Gasteiger partial charge in [0.2, 0.25) is 5.91 Å². The highest BCUT2D eigenvalue weighted by Gasteiger charge is 2.32. The lowest BCUT2D eigenvalue weighted by molar-refractivity contribution is -0.130. The molecule has 0 aromatic carbocycles. The molecule has 0 spiro atoms.